The highest BCUT2D eigenvalue weighted by Crippen LogP contribution is 2.24. The minimum Gasteiger partial charge on any atom is -0.197 e. The molecule has 0 aliphatic rings. The normalized spacial score (nSPS) is 10.2. The second-order valence-corrected chi connectivity index (χ2v) is 3.43. The number of nitrogens with zero attached hydrogens (tertiary/aromatic N) is 1. The smallest absolute Gasteiger partial charge is 0.0778 e. The second kappa shape index (κ2) is 3.33. The zero-order valence-electron chi connectivity index (χ0n) is 7.83. The SMILES string of the molecule is C#Cc1ccccc1C(C)(C)C#N. The molecule has 0 bridgehead atoms. The van der Waals surface area contributed by atoms with Crippen LogP contribution in [0.5, 0.6) is 0 Å². The highest BCUT2D eigenvalue weighted by Gasteiger charge is 2.21. The van der Waals surface area contributed by atoms with E-state index in [0.717, 1.165) is 11.1 Å². The van der Waals surface area contributed by atoms with Crippen LogP contribution in [-0.2, 0) is 5.41 Å². The highest BCUT2D eigenvalue weighted by atomic mass is 14.3. The van der Waals surface area contributed by atoms with Gasteiger partial charge < -0.3 is 0 Å². The first-order valence-corrected chi connectivity index (χ1v) is 4.09. The fraction of sp³-hybridized carbons (Fsp3) is 0.250. The van der Waals surface area contributed by atoms with E-state index in [0.29, 0.717) is 0 Å². The first kappa shape index (κ1) is 9.36. The van der Waals surface area contributed by atoms with Gasteiger partial charge in [0.2, 0.25) is 0 Å². The Bertz CT molecular complexity index is 388. The van der Waals surface area contributed by atoms with Gasteiger partial charge in [-0.05, 0) is 25.5 Å². The molecule has 0 aliphatic carbocycles. The number of hydrogen-bond acceptors (Lipinski definition) is 1. The van der Waals surface area contributed by atoms with Crippen molar-refractivity contribution in [3.8, 4) is 18.4 Å². The molecule has 0 amide bonds. The van der Waals surface area contributed by atoms with Crippen molar-refractivity contribution in [3.63, 3.8) is 0 Å². The van der Waals surface area contributed by atoms with Crippen molar-refractivity contribution in [2.24, 2.45) is 0 Å². The highest BCUT2D eigenvalue weighted by molar-refractivity contribution is 5.46. The summed E-state index contributed by atoms with van der Waals surface area (Å²) in [6.45, 7) is 3.73. The van der Waals surface area contributed by atoms with Crippen LogP contribution in [0, 0.1) is 23.7 Å². The third-order valence-corrected chi connectivity index (χ3v) is 2.04. The molecule has 1 aromatic carbocycles. The maximum Gasteiger partial charge on any atom is 0.0778 e. The Kier molecular flexibility index (Phi) is 2.40. The summed E-state index contributed by atoms with van der Waals surface area (Å²) < 4.78 is 0. The molecule has 0 saturated carbocycles. The predicted molar refractivity (Wildman–Crippen MR) is 53.0 cm³/mol. The van der Waals surface area contributed by atoms with E-state index in [1.165, 1.54) is 0 Å². The number of nitriles is 1. The Morgan fingerprint density at radius 1 is 1.31 bits per heavy atom. The van der Waals surface area contributed by atoms with E-state index >= 15 is 0 Å². The lowest BCUT2D eigenvalue weighted by Crippen LogP contribution is -2.15. The maximum absolute atomic E-state index is 8.95. The van der Waals surface area contributed by atoms with Crippen molar-refractivity contribution in [1.82, 2.24) is 0 Å². The molecular weight excluding hydrogens is 158 g/mol. The van der Waals surface area contributed by atoms with Crippen LogP contribution in [-0.4, -0.2) is 0 Å². The first-order chi connectivity index (χ1) is 6.11. The van der Waals surface area contributed by atoms with Gasteiger partial charge >= 0.3 is 0 Å². The van der Waals surface area contributed by atoms with E-state index in [-0.39, 0.29) is 0 Å². The molecule has 0 radical (unpaired) electrons. The van der Waals surface area contributed by atoms with Crippen LogP contribution in [0.4, 0.5) is 0 Å². The van der Waals surface area contributed by atoms with E-state index in [1.54, 1.807) is 0 Å². The van der Waals surface area contributed by atoms with E-state index in [1.807, 2.05) is 38.1 Å². The van der Waals surface area contributed by atoms with Gasteiger partial charge in [-0.15, -0.1) is 6.42 Å². The lowest BCUT2D eigenvalue weighted by atomic mass is 9.83. The summed E-state index contributed by atoms with van der Waals surface area (Å²) in [7, 11) is 0. The molecule has 1 heteroatoms. The zero-order chi connectivity index (χ0) is 9.90. The maximum atomic E-state index is 8.95. The van der Waals surface area contributed by atoms with Gasteiger partial charge in [-0.3, -0.25) is 0 Å². The molecule has 1 nitrogen and oxygen atoms in total. The standard InChI is InChI=1S/C12H11N/c1-4-10-7-5-6-8-11(10)12(2,3)9-13/h1,5-8H,2-3H3. The van der Waals surface area contributed by atoms with Crippen LogP contribution in [0.1, 0.15) is 25.0 Å². The van der Waals surface area contributed by atoms with Crippen molar-refractivity contribution in [1.29, 1.82) is 5.26 Å². The summed E-state index contributed by atoms with van der Waals surface area (Å²) in [4.78, 5) is 0. The van der Waals surface area contributed by atoms with Crippen molar-refractivity contribution >= 4 is 0 Å². The molecular formula is C12H11N. The van der Waals surface area contributed by atoms with Gasteiger partial charge in [0, 0.05) is 5.56 Å². The average Bonchev–Trinajstić information content (AvgIpc) is 2.18. The quantitative estimate of drug-likeness (QED) is 0.592. The minimum atomic E-state index is -0.511. The summed E-state index contributed by atoms with van der Waals surface area (Å²) in [5, 5.41) is 8.95. The molecule has 0 spiro atoms. The summed E-state index contributed by atoms with van der Waals surface area (Å²) in [5.74, 6) is 2.58. The summed E-state index contributed by atoms with van der Waals surface area (Å²) in [6, 6.07) is 9.77. The molecule has 64 valence electrons. The molecule has 0 atom stereocenters. The number of terminal acetylenes is 1. The molecule has 0 N–H and O–H groups in total. The Balaban J connectivity index is 3.33. The summed E-state index contributed by atoms with van der Waals surface area (Å²) >= 11 is 0. The Morgan fingerprint density at radius 2 is 1.92 bits per heavy atom. The molecule has 0 aromatic heterocycles. The van der Waals surface area contributed by atoms with Crippen molar-refractivity contribution in [2.75, 3.05) is 0 Å². The summed E-state index contributed by atoms with van der Waals surface area (Å²) in [5.41, 5.74) is 1.21. The Morgan fingerprint density at radius 3 is 2.46 bits per heavy atom. The molecule has 1 aromatic rings. The predicted octanol–water partition coefficient (Wildman–Crippen LogP) is 2.47. The van der Waals surface area contributed by atoms with Gasteiger partial charge in [0.05, 0.1) is 11.5 Å². The van der Waals surface area contributed by atoms with Crippen LogP contribution in [0.2, 0.25) is 0 Å². The monoisotopic (exact) mass is 169 g/mol. The van der Waals surface area contributed by atoms with Gasteiger partial charge in [0.25, 0.3) is 0 Å². The van der Waals surface area contributed by atoms with Gasteiger partial charge in [0.15, 0.2) is 0 Å². The Labute approximate surface area is 79.0 Å². The molecule has 0 aliphatic heterocycles. The van der Waals surface area contributed by atoms with E-state index < -0.39 is 5.41 Å². The minimum absolute atomic E-state index is 0.511. The van der Waals surface area contributed by atoms with Crippen LogP contribution < -0.4 is 0 Å². The average molecular weight is 169 g/mol. The van der Waals surface area contributed by atoms with E-state index in [4.69, 9.17) is 11.7 Å². The van der Waals surface area contributed by atoms with E-state index in [9.17, 15) is 0 Å². The number of hydrogen-bond donors (Lipinski definition) is 0. The van der Waals surface area contributed by atoms with Crippen LogP contribution in [0.25, 0.3) is 0 Å². The lowest BCUT2D eigenvalue weighted by Gasteiger charge is -2.17. The fourth-order valence-electron chi connectivity index (χ4n) is 1.21. The van der Waals surface area contributed by atoms with Crippen LogP contribution >= 0.6 is 0 Å². The number of rotatable bonds is 1. The van der Waals surface area contributed by atoms with Crippen LogP contribution in [0.15, 0.2) is 24.3 Å². The largest absolute Gasteiger partial charge is 0.197 e. The van der Waals surface area contributed by atoms with Crippen molar-refractivity contribution < 1.29 is 0 Å². The summed E-state index contributed by atoms with van der Waals surface area (Å²) in [6.07, 6.45) is 5.34. The van der Waals surface area contributed by atoms with Crippen molar-refractivity contribution in [3.05, 3.63) is 35.4 Å². The second-order valence-electron chi connectivity index (χ2n) is 3.43. The third kappa shape index (κ3) is 1.71. The van der Waals surface area contributed by atoms with Gasteiger partial charge in [0.1, 0.15) is 0 Å². The zero-order valence-corrected chi connectivity index (χ0v) is 7.83. The van der Waals surface area contributed by atoms with Crippen molar-refractivity contribution in [2.45, 2.75) is 19.3 Å². The van der Waals surface area contributed by atoms with Crippen LogP contribution in [0.3, 0.4) is 0 Å². The molecule has 0 saturated heterocycles. The van der Waals surface area contributed by atoms with E-state index in [2.05, 4.69) is 12.0 Å². The Hall–Kier alpha value is -1.73. The molecule has 0 unspecified atom stereocenters. The molecule has 13 heavy (non-hydrogen) atoms. The first-order valence-electron chi connectivity index (χ1n) is 4.09. The lowest BCUT2D eigenvalue weighted by molar-refractivity contribution is 0.685. The molecule has 1 rings (SSSR count). The van der Waals surface area contributed by atoms with Gasteiger partial charge in [-0.1, -0.05) is 24.1 Å². The molecule has 0 heterocycles. The molecule has 0 fully saturated rings. The number of benzene rings is 1. The van der Waals surface area contributed by atoms with Gasteiger partial charge in [-0.2, -0.15) is 5.26 Å². The topological polar surface area (TPSA) is 23.8 Å². The third-order valence-electron chi connectivity index (χ3n) is 2.04. The fourth-order valence-corrected chi connectivity index (χ4v) is 1.21. The van der Waals surface area contributed by atoms with Gasteiger partial charge in [-0.25, -0.2) is 0 Å².